The lowest BCUT2D eigenvalue weighted by molar-refractivity contribution is -0.390. The molecule has 0 amide bonds. The molecule has 374 valence electrons. The third-order valence-electron chi connectivity index (χ3n) is 14.4. The van der Waals surface area contributed by atoms with E-state index in [0.29, 0.717) is 32.1 Å². The average Bonchev–Trinajstić information content (AvgIpc) is 3.29. The maximum absolute atomic E-state index is 12.9. The fourth-order valence-electron chi connectivity index (χ4n) is 10.5. The Morgan fingerprint density at radius 2 is 1.14 bits per heavy atom. The van der Waals surface area contributed by atoms with Crippen molar-refractivity contribution in [1.29, 1.82) is 0 Å². The monoisotopic (exact) mass is 941 g/mol. The number of aliphatic hydroxyl groups excluding tert-OH is 14. The number of hydrogen-bond acceptors (Lipinski definition) is 22. The van der Waals surface area contributed by atoms with Crippen molar-refractivity contribution in [2.45, 2.75) is 205 Å². The summed E-state index contributed by atoms with van der Waals surface area (Å²) in [5.41, 5.74) is 0. The molecule has 7 rings (SSSR count). The smallest absolute Gasteiger partial charge is 0.330 e. The zero-order valence-corrected chi connectivity index (χ0v) is 35.8. The van der Waals surface area contributed by atoms with E-state index in [9.17, 15) is 76.3 Å². The summed E-state index contributed by atoms with van der Waals surface area (Å²) in [5, 5.41) is 149. The Balaban J connectivity index is 1.16. The first-order valence-electron chi connectivity index (χ1n) is 22.8. The van der Waals surface area contributed by atoms with Crippen molar-refractivity contribution in [3.63, 3.8) is 0 Å². The van der Waals surface area contributed by atoms with Gasteiger partial charge in [0.1, 0.15) is 86.0 Å². The maximum Gasteiger partial charge on any atom is 0.330 e. The topological polar surface area (TPSA) is 378 Å². The molecule has 23 nitrogen and oxygen atoms in total. The molecule has 0 aromatic carbocycles. The molecular formula is C42H69O23+. The number of aliphatic hydroxyl groups is 16. The molecule has 0 spiro atoms. The molecule has 0 aromatic rings. The van der Waals surface area contributed by atoms with Crippen LogP contribution in [-0.2, 0) is 38.0 Å². The minimum atomic E-state index is -1.95. The minimum absolute atomic E-state index is 0.00427. The highest BCUT2D eigenvalue weighted by atomic mass is 16.8. The fraction of sp³-hybridized carbons (Fsp3) is 0.929. The molecule has 7 aliphatic rings. The lowest BCUT2D eigenvalue weighted by Gasteiger charge is -2.50. The number of fused-ring (bicyclic) bond motifs is 1. The van der Waals surface area contributed by atoms with Gasteiger partial charge in [-0.15, -0.1) is 0 Å². The van der Waals surface area contributed by atoms with E-state index >= 15 is 0 Å². The van der Waals surface area contributed by atoms with Crippen molar-refractivity contribution < 1.29 is 114 Å². The Bertz CT molecular complexity index is 1530. The fourth-order valence-corrected chi connectivity index (χ4v) is 10.5. The zero-order chi connectivity index (χ0) is 46.9. The highest BCUT2D eigenvalue weighted by Gasteiger charge is 2.58. The quantitative estimate of drug-likeness (QED) is 0.0464. The first-order valence-corrected chi connectivity index (χ1v) is 22.8. The number of ether oxygens (including phenoxy) is 8. The summed E-state index contributed by atoms with van der Waals surface area (Å²) in [7, 11) is 0. The Kier molecular flexibility index (Phi) is 17.7. The van der Waals surface area contributed by atoms with Gasteiger partial charge in [0.15, 0.2) is 31.1 Å². The van der Waals surface area contributed by atoms with E-state index in [1.807, 2.05) is 0 Å². The maximum atomic E-state index is 12.9. The molecule has 9 unspecified atom stereocenters. The van der Waals surface area contributed by atoms with Crippen LogP contribution in [0.3, 0.4) is 0 Å². The summed E-state index contributed by atoms with van der Waals surface area (Å²) in [6.45, 7) is -2.12. The molecule has 23 heteroatoms. The van der Waals surface area contributed by atoms with Crippen molar-refractivity contribution in [3.8, 4) is 0 Å². The van der Waals surface area contributed by atoms with Gasteiger partial charge in [0.05, 0.1) is 49.7 Å². The van der Waals surface area contributed by atoms with Crippen LogP contribution in [0, 0.1) is 17.8 Å². The largest absolute Gasteiger partial charge is 0.460 e. The number of hydrogen-bond donors (Lipinski definition) is 14. The van der Waals surface area contributed by atoms with E-state index < -0.39 is 179 Å². The molecule has 15 N–H and O–H groups in total. The first-order chi connectivity index (χ1) is 31.0. The third kappa shape index (κ3) is 11.7. The van der Waals surface area contributed by atoms with E-state index in [2.05, 4.69) is 0 Å². The SMILES string of the molecule is O=C(C=CC1CCC(O)CC1)OC[C@H]1O[C@@H](OC2CC3C(O[C@@H]4O[C@H](CO)[C@@H](O)[C@H](O)[C@H]4O)CC(O)CC3[OH+]C2C2CCC(O)C(O)C2)[C@H](O[C@@H]2O[C@H](CO)[C@@H](O)[C@H](O)[C@H]2O)[C@@H](O)[C@@H]1O. The summed E-state index contributed by atoms with van der Waals surface area (Å²) in [4.78, 5) is 12.9. The number of carbonyl (C=O) groups is 1. The van der Waals surface area contributed by atoms with Crippen LogP contribution >= 0.6 is 0 Å². The van der Waals surface area contributed by atoms with Gasteiger partial charge in [-0.1, -0.05) is 6.08 Å². The highest BCUT2D eigenvalue weighted by molar-refractivity contribution is 5.81. The van der Waals surface area contributed by atoms with Crippen LogP contribution in [0.1, 0.15) is 64.2 Å². The third-order valence-corrected chi connectivity index (χ3v) is 14.4. The zero-order valence-electron chi connectivity index (χ0n) is 35.8. The normalized spacial score (nSPS) is 51.0. The molecule has 7 fully saturated rings. The van der Waals surface area contributed by atoms with Gasteiger partial charge in [-0.2, -0.15) is 0 Å². The first kappa shape index (κ1) is 51.2. The number of carbonyl (C=O) groups excluding carboxylic acids is 1. The lowest BCUT2D eigenvalue weighted by Crippen LogP contribution is -2.66. The summed E-state index contributed by atoms with van der Waals surface area (Å²) < 4.78 is 46.9. The summed E-state index contributed by atoms with van der Waals surface area (Å²) >= 11 is 0. The summed E-state index contributed by atoms with van der Waals surface area (Å²) in [6, 6.07) is 0. The molecule has 0 radical (unpaired) electrons. The molecule has 0 aromatic heterocycles. The molecule has 65 heavy (non-hydrogen) atoms. The van der Waals surface area contributed by atoms with Gasteiger partial charge >= 0.3 is 5.97 Å². The van der Waals surface area contributed by atoms with Gasteiger partial charge in [-0.05, 0) is 57.3 Å². The van der Waals surface area contributed by atoms with E-state index in [1.165, 1.54) is 6.08 Å². The number of allylic oxidation sites excluding steroid dienone is 1. The van der Waals surface area contributed by atoms with Gasteiger partial charge in [0.25, 0.3) is 0 Å². The number of rotatable bonds is 13. The van der Waals surface area contributed by atoms with Crippen LogP contribution in [0.4, 0.5) is 0 Å². The lowest BCUT2D eigenvalue weighted by atomic mass is 9.72. The standard InChI is InChI=1S/C42H68O23/c43-13-26-30(50)33(53)36(56)40(62-26)60-24-11-19(46)10-23-20(24)12-25(38(59-23)17-4-7-21(47)22(48)9-17)61-42-39(65-41-37(57)34(54)31(51)27(14-44)63-41)35(55)32(52)28(64-42)15-58-29(49)8-3-16-1-5-18(45)6-2-16/h3,8,16-28,30-48,50-57H,1-2,4-7,9-15H2/p+1/t16?,17?,18?,19?,20?,21?,22?,23?,24?,25?,26-,27-,28-,30-,31-,32-,33+,34+,35+,36-,37-,38?,39-,40-,41+,42-/m1/s1. The predicted molar refractivity (Wildman–Crippen MR) is 213 cm³/mol. The van der Waals surface area contributed by atoms with Crippen LogP contribution in [0.5, 0.6) is 0 Å². The van der Waals surface area contributed by atoms with Crippen molar-refractivity contribution in [2.24, 2.45) is 17.8 Å². The second kappa shape index (κ2) is 22.4. The van der Waals surface area contributed by atoms with E-state index in [1.54, 1.807) is 6.08 Å². The van der Waals surface area contributed by atoms with Crippen LogP contribution in [0.2, 0.25) is 0 Å². The summed E-state index contributed by atoms with van der Waals surface area (Å²) in [6.07, 6.45) is -26.1. The molecule has 4 saturated heterocycles. The molecule has 3 saturated carbocycles. The predicted octanol–water partition coefficient (Wildman–Crippen LogP) is -6.20. The molecule has 4 heterocycles. The van der Waals surface area contributed by atoms with E-state index in [0.717, 1.165) is 0 Å². The Labute approximate surface area is 374 Å². The van der Waals surface area contributed by atoms with Crippen molar-refractivity contribution >= 4 is 5.97 Å². The second-order valence-electron chi connectivity index (χ2n) is 18.9. The van der Waals surface area contributed by atoms with E-state index in [4.69, 9.17) is 37.9 Å². The van der Waals surface area contributed by atoms with E-state index in [-0.39, 0.29) is 38.0 Å². The van der Waals surface area contributed by atoms with Crippen molar-refractivity contribution in [1.82, 2.24) is 0 Å². The van der Waals surface area contributed by atoms with Crippen LogP contribution in [0.25, 0.3) is 0 Å². The van der Waals surface area contributed by atoms with Crippen molar-refractivity contribution in [2.75, 3.05) is 19.8 Å². The van der Waals surface area contributed by atoms with Crippen LogP contribution in [-0.4, -0.2) is 243 Å². The molecule has 3 aliphatic carbocycles. The van der Waals surface area contributed by atoms with Crippen molar-refractivity contribution in [3.05, 3.63) is 12.2 Å². The van der Waals surface area contributed by atoms with Gasteiger partial charge in [-0.3, -0.25) is 0 Å². The van der Waals surface area contributed by atoms with Gasteiger partial charge in [0, 0.05) is 24.8 Å². The Morgan fingerprint density at radius 3 is 1.75 bits per heavy atom. The Morgan fingerprint density at radius 1 is 0.554 bits per heavy atom. The van der Waals surface area contributed by atoms with Gasteiger partial charge in [0.2, 0.25) is 0 Å². The summed E-state index contributed by atoms with van der Waals surface area (Å²) in [5.74, 6) is -1.79. The average molecular weight is 942 g/mol. The molecule has 4 aliphatic heterocycles. The van der Waals surface area contributed by atoms with Gasteiger partial charge < -0.3 is 109 Å². The highest BCUT2D eigenvalue weighted by Crippen LogP contribution is 2.44. The molecule has 0 bridgehead atoms. The Hall–Kier alpha value is -1.63. The van der Waals surface area contributed by atoms with Crippen LogP contribution < -0.4 is 0 Å². The second-order valence-corrected chi connectivity index (χ2v) is 18.9. The minimum Gasteiger partial charge on any atom is -0.460 e. The van der Waals surface area contributed by atoms with Gasteiger partial charge in [-0.25, -0.2) is 4.79 Å². The molecule has 24 atom stereocenters. The van der Waals surface area contributed by atoms with Crippen LogP contribution in [0.15, 0.2) is 12.2 Å². The number of esters is 1. The molecular weight excluding hydrogens is 872 g/mol.